The average Bonchev–Trinajstić information content (AvgIpc) is 3.12. The molecular formula is C22H20ClN3O2. The molecule has 0 saturated heterocycles. The molecule has 0 fully saturated rings. The summed E-state index contributed by atoms with van der Waals surface area (Å²) in [5.74, 6) is 1.37. The number of carbonyl (C=O) groups is 1. The first-order valence-corrected chi connectivity index (χ1v) is 9.43. The van der Waals surface area contributed by atoms with Crippen LogP contribution in [0.1, 0.15) is 29.0 Å². The third-order valence-electron chi connectivity index (χ3n) is 4.94. The Hall–Kier alpha value is -3.05. The van der Waals surface area contributed by atoms with Gasteiger partial charge < -0.3 is 10.1 Å². The Morgan fingerprint density at radius 1 is 1.32 bits per heavy atom. The zero-order chi connectivity index (χ0) is 19.7. The van der Waals surface area contributed by atoms with Crippen LogP contribution in [-0.4, -0.2) is 22.3 Å². The van der Waals surface area contributed by atoms with E-state index in [1.165, 1.54) is 0 Å². The van der Waals surface area contributed by atoms with Crippen molar-refractivity contribution in [2.45, 2.75) is 19.3 Å². The van der Waals surface area contributed by atoms with Crippen molar-refractivity contribution in [2.24, 2.45) is 0 Å². The number of nitrogens with zero attached hydrogens (tertiary/aromatic N) is 2. The Morgan fingerprint density at radius 3 is 2.86 bits per heavy atom. The van der Waals surface area contributed by atoms with Gasteiger partial charge in [-0.05, 0) is 42.3 Å². The molecule has 0 radical (unpaired) electrons. The number of amides is 1. The van der Waals surface area contributed by atoms with Crippen LogP contribution in [0.25, 0.3) is 5.69 Å². The number of fused-ring (bicyclic) bond motifs is 1. The molecular weight excluding hydrogens is 374 g/mol. The van der Waals surface area contributed by atoms with Gasteiger partial charge in [-0.15, -0.1) is 0 Å². The summed E-state index contributed by atoms with van der Waals surface area (Å²) in [7, 11) is 0. The van der Waals surface area contributed by atoms with Gasteiger partial charge in [0, 0.05) is 22.9 Å². The second kappa shape index (κ2) is 7.52. The molecule has 3 aromatic rings. The van der Waals surface area contributed by atoms with Crippen LogP contribution in [0.3, 0.4) is 0 Å². The number of anilines is 1. The first-order valence-electron chi connectivity index (χ1n) is 9.05. The predicted octanol–water partition coefficient (Wildman–Crippen LogP) is 4.87. The lowest BCUT2D eigenvalue weighted by Gasteiger charge is -2.24. The lowest BCUT2D eigenvalue weighted by atomic mass is 9.87. The highest BCUT2D eigenvalue weighted by Crippen LogP contribution is 2.39. The number of aromatic nitrogens is 2. The summed E-state index contributed by atoms with van der Waals surface area (Å²) in [5, 5.41) is 8.18. The van der Waals surface area contributed by atoms with Crippen molar-refractivity contribution in [1.29, 1.82) is 0 Å². The molecule has 1 aliphatic heterocycles. The number of halogens is 1. The number of nitrogens with one attached hydrogen (secondary N) is 1. The van der Waals surface area contributed by atoms with Crippen LogP contribution in [0, 0.1) is 6.92 Å². The predicted molar refractivity (Wildman–Crippen MR) is 111 cm³/mol. The van der Waals surface area contributed by atoms with Gasteiger partial charge in [0.25, 0.3) is 0 Å². The number of carbonyl (C=O) groups excluding carboxylic acids is 1. The fraction of sp³-hybridized carbons (Fsp3) is 0.182. The van der Waals surface area contributed by atoms with Crippen molar-refractivity contribution >= 4 is 23.3 Å². The Kier molecular flexibility index (Phi) is 4.92. The van der Waals surface area contributed by atoms with Gasteiger partial charge in [0.05, 0.1) is 11.9 Å². The maximum Gasteiger partial charge on any atom is 0.226 e. The summed E-state index contributed by atoms with van der Waals surface area (Å²) in [6.45, 7) is 6.05. The summed E-state index contributed by atoms with van der Waals surface area (Å²) in [6, 6.07) is 13.5. The lowest BCUT2D eigenvalue weighted by Crippen LogP contribution is -2.24. The van der Waals surface area contributed by atoms with E-state index in [4.69, 9.17) is 16.3 Å². The molecule has 6 heteroatoms. The maximum absolute atomic E-state index is 12.4. The Balaban J connectivity index is 1.72. The number of hydrogen-bond donors (Lipinski definition) is 1. The van der Waals surface area contributed by atoms with Gasteiger partial charge in [-0.2, -0.15) is 5.10 Å². The van der Waals surface area contributed by atoms with Gasteiger partial charge in [0.2, 0.25) is 5.91 Å². The van der Waals surface area contributed by atoms with Crippen LogP contribution in [0.5, 0.6) is 5.75 Å². The molecule has 0 saturated carbocycles. The first-order chi connectivity index (χ1) is 13.6. The fourth-order valence-electron chi connectivity index (χ4n) is 3.48. The van der Waals surface area contributed by atoms with Gasteiger partial charge in [0.15, 0.2) is 0 Å². The summed E-state index contributed by atoms with van der Waals surface area (Å²) < 4.78 is 7.30. The van der Waals surface area contributed by atoms with E-state index in [-0.39, 0.29) is 11.8 Å². The zero-order valence-electron chi connectivity index (χ0n) is 15.5. The molecule has 0 aliphatic carbocycles. The van der Waals surface area contributed by atoms with Gasteiger partial charge in [-0.1, -0.05) is 42.5 Å². The molecule has 1 aromatic heterocycles. The number of hydrogen-bond acceptors (Lipinski definition) is 3. The number of rotatable bonds is 5. The Labute approximate surface area is 168 Å². The van der Waals surface area contributed by atoms with Crippen molar-refractivity contribution in [2.75, 3.05) is 11.9 Å². The monoisotopic (exact) mass is 393 g/mol. The molecule has 0 bridgehead atoms. The van der Waals surface area contributed by atoms with E-state index in [9.17, 15) is 4.79 Å². The van der Waals surface area contributed by atoms with Crippen molar-refractivity contribution in [3.63, 3.8) is 0 Å². The van der Waals surface area contributed by atoms with E-state index in [0.29, 0.717) is 23.9 Å². The molecule has 1 amide bonds. The first kappa shape index (κ1) is 18.3. The molecule has 1 aliphatic rings. The summed E-state index contributed by atoms with van der Waals surface area (Å²) in [5.41, 5.74) is 3.79. The second-order valence-electron chi connectivity index (χ2n) is 6.72. The quantitative estimate of drug-likeness (QED) is 0.629. The fourth-order valence-corrected chi connectivity index (χ4v) is 3.65. The highest BCUT2D eigenvalue weighted by Gasteiger charge is 2.30. The van der Waals surface area contributed by atoms with Crippen LogP contribution in [0.2, 0.25) is 5.02 Å². The van der Waals surface area contributed by atoms with Crippen molar-refractivity contribution < 1.29 is 9.53 Å². The highest BCUT2D eigenvalue weighted by atomic mass is 35.5. The second-order valence-corrected chi connectivity index (χ2v) is 7.13. The van der Waals surface area contributed by atoms with Crippen LogP contribution in [0.4, 0.5) is 5.82 Å². The molecule has 0 spiro atoms. The standard InChI is InChI=1S/C22H20ClN3O2/c1-3-11-28-16-9-7-15(8-10-16)17-12-21(27)25-22-18(17)13-24-26(22)20-6-4-5-19(23)14(20)2/h3-10,13,17H,1,11-12H2,2H3,(H,25,27). The minimum absolute atomic E-state index is 0.0362. The van der Waals surface area contributed by atoms with E-state index < -0.39 is 0 Å². The third-order valence-corrected chi connectivity index (χ3v) is 5.35. The van der Waals surface area contributed by atoms with Crippen molar-refractivity contribution in [3.8, 4) is 11.4 Å². The van der Waals surface area contributed by atoms with Crippen LogP contribution >= 0.6 is 11.6 Å². The van der Waals surface area contributed by atoms with Gasteiger partial charge in [0.1, 0.15) is 18.2 Å². The molecule has 2 heterocycles. The smallest absolute Gasteiger partial charge is 0.226 e. The van der Waals surface area contributed by atoms with Crippen LogP contribution in [0.15, 0.2) is 61.3 Å². The summed E-state index contributed by atoms with van der Waals surface area (Å²) >= 11 is 6.27. The molecule has 142 valence electrons. The zero-order valence-corrected chi connectivity index (χ0v) is 16.2. The van der Waals surface area contributed by atoms with Crippen LogP contribution < -0.4 is 10.1 Å². The Morgan fingerprint density at radius 2 is 2.11 bits per heavy atom. The molecule has 1 unspecified atom stereocenters. The van der Waals surface area contributed by atoms with E-state index in [1.807, 2.05) is 55.6 Å². The van der Waals surface area contributed by atoms with Gasteiger partial charge in [-0.3, -0.25) is 4.79 Å². The molecule has 4 rings (SSSR count). The maximum atomic E-state index is 12.4. The molecule has 1 N–H and O–H groups in total. The topological polar surface area (TPSA) is 56.1 Å². The minimum atomic E-state index is -0.0644. The minimum Gasteiger partial charge on any atom is -0.490 e. The largest absolute Gasteiger partial charge is 0.490 e. The highest BCUT2D eigenvalue weighted by molar-refractivity contribution is 6.31. The van der Waals surface area contributed by atoms with E-state index in [0.717, 1.165) is 28.1 Å². The van der Waals surface area contributed by atoms with E-state index >= 15 is 0 Å². The van der Waals surface area contributed by atoms with Crippen LogP contribution in [-0.2, 0) is 4.79 Å². The summed E-state index contributed by atoms with van der Waals surface area (Å²) in [6.07, 6.45) is 3.90. The molecule has 28 heavy (non-hydrogen) atoms. The summed E-state index contributed by atoms with van der Waals surface area (Å²) in [4.78, 5) is 12.4. The molecule has 2 aromatic carbocycles. The van der Waals surface area contributed by atoms with Crippen molar-refractivity contribution in [1.82, 2.24) is 9.78 Å². The van der Waals surface area contributed by atoms with Gasteiger partial charge >= 0.3 is 0 Å². The van der Waals surface area contributed by atoms with E-state index in [1.54, 1.807) is 10.8 Å². The normalized spacial score (nSPS) is 15.6. The molecule has 1 atom stereocenters. The third kappa shape index (κ3) is 3.29. The van der Waals surface area contributed by atoms with Gasteiger partial charge in [-0.25, -0.2) is 4.68 Å². The Bertz CT molecular complexity index is 1040. The van der Waals surface area contributed by atoms with E-state index in [2.05, 4.69) is 17.0 Å². The number of benzene rings is 2. The number of ether oxygens (including phenoxy) is 1. The van der Waals surface area contributed by atoms with Crippen molar-refractivity contribution in [3.05, 3.63) is 83.0 Å². The lowest BCUT2D eigenvalue weighted by molar-refractivity contribution is -0.116. The average molecular weight is 394 g/mol. The SMILES string of the molecule is C=CCOc1ccc(C2CC(=O)Nc3c2cnn3-c2cccc(Cl)c2C)cc1. The molecule has 5 nitrogen and oxygen atoms in total.